The van der Waals surface area contributed by atoms with Crippen molar-refractivity contribution in [3.8, 4) is 0 Å². The third-order valence-electron chi connectivity index (χ3n) is 2.76. The first-order valence-electron chi connectivity index (χ1n) is 5.93. The van der Waals surface area contributed by atoms with Gasteiger partial charge in [0.15, 0.2) is 0 Å². The number of rotatable bonds is 3. The third kappa shape index (κ3) is 3.34. The van der Waals surface area contributed by atoms with Gasteiger partial charge in [0, 0.05) is 19.8 Å². The lowest BCUT2D eigenvalue weighted by Crippen LogP contribution is -2.41. The van der Waals surface area contributed by atoms with E-state index in [0.29, 0.717) is 24.0 Å². The van der Waals surface area contributed by atoms with Crippen LogP contribution in [0.4, 0.5) is 5.82 Å². The minimum absolute atomic E-state index is 0.0473. The smallest absolute Gasteiger partial charge is 0.265 e. The van der Waals surface area contributed by atoms with Crippen molar-refractivity contribution in [2.24, 2.45) is 0 Å². The maximum atomic E-state index is 12.0. The van der Waals surface area contributed by atoms with Crippen LogP contribution in [0.25, 0.3) is 0 Å². The predicted octanol–water partition coefficient (Wildman–Crippen LogP) is 1.73. The van der Waals surface area contributed by atoms with Crippen LogP contribution in [-0.4, -0.2) is 42.7 Å². The van der Waals surface area contributed by atoms with Gasteiger partial charge in [0.1, 0.15) is 12.4 Å². The van der Waals surface area contributed by atoms with Gasteiger partial charge >= 0.3 is 0 Å². The van der Waals surface area contributed by atoms with Crippen molar-refractivity contribution >= 4 is 23.3 Å². The maximum absolute atomic E-state index is 12.0. The quantitative estimate of drug-likeness (QED) is 0.838. The molecule has 1 aromatic rings. The zero-order valence-corrected chi connectivity index (χ0v) is 11.1. The van der Waals surface area contributed by atoms with Crippen LogP contribution in [-0.2, 0) is 9.63 Å². The van der Waals surface area contributed by atoms with Crippen molar-refractivity contribution in [2.45, 2.75) is 12.8 Å². The molecule has 1 amide bonds. The summed E-state index contributed by atoms with van der Waals surface area (Å²) < 4.78 is 0. The van der Waals surface area contributed by atoms with Crippen LogP contribution < -0.4 is 4.90 Å². The predicted molar refractivity (Wildman–Crippen MR) is 69.4 cm³/mol. The summed E-state index contributed by atoms with van der Waals surface area (Å²) in [4.78, 5) is 23.2. The van der Waals surface area contributed by atoms with E-state index in [-0.39, 0.29) is 12.5 Å². The average molecular weight is 270 g/mol. The van der Waals surface area contributed by atoms with Gasteiger partial charge in [-0.05, 0) is 25.0 Å². The number of nitrogens with zero attached hydrogens (tertiary/aromatic N) is 3. The molecule has 2 rings (SSSR count). The van der Waals surface area contributed by atoms with E-state index in [2.05, 4.69) is 4.98 Å². The highest BCUT2D eigenvalue weighted by atomic mass is 35.5. The molecule has 0 radical (unpaired) electrons. The lowest BCUT2D eigenvalue weighted by atomic mass is 10.3. The Morgan fingerprint density at radius 2 is 2.39 bits per heavy atom. The van der Waals surface area contributed by atoms with Crippen LogP contribution in [0.5, 0.6) is 0 Å². The van der Waals surface area contributed by atoms with Gasteiger partial charge in [0.2, 0.25) is 0 Å². The van der Waals surface area contributed by atoms with Gasteiger partial charge in [-0.15, -0.1) is 0 Å². The Morgan fingerprint density at radius 3 is 3.00 bits per heavy atom. The summed E-state index contributed by atoms with van der Waals surface area (Å²) >= 11 is 5.77. The largest absolute Gasteiger partial charge is 0.350 e. The Hall–Kier alpha value is -1.33. The number of halogens is 1. The first kappa shape index (κ1) is 13.1. The minimum Gasteiger partial charge on any atom is -0.350 e. The van der Waals surface area contributed by atoms with E-state index in [9.17, 15) is 4.79 Å². The van der Waals surface area contributed by atoms with Crippen LogP contribution in [0.2, 0.25) is 5.02 Å². The Bertz CT molecular complexity index is 404. The number of pyridine rings is 1. The van der Waals surface area contributed by atoms with Gasteiger partial charge in [0.25, 0.3) is 5.91 Å². The minimum atomic E-state index is -0.0473. The summed E-state index contributed by atoms with van der Waals surface area (Å²) in [5.74, 6) is 0.665. The SMILES string of the molecule is CN(CC(=O)N1CCCCO1)c1ccc(Cl)cn1. The first-order chi connectivity index (χ1) is 8.66. The molecule has 1 aliphatic rings. The normalized spacial score (nSPS) is 15.6. The van der Waals surface area contributed by atoms with E-state index < -0.39 is 0 Å². The molecule has 0 saturated carbocycles. The molecule has 6 heteroatoms. The average Bonchev–Trinajstić information content (AvgIpc) is 2.40. The summed E-state index contributed by atoms with van der Waals surface area (Å²) in [5.41, 5.74) is 0. The van der Waals surface area contributed by atoms with Crippen LogP contribution in [0, 0.1) is 0 Å². The molecule has 1 saturated heterocycles. The molecular formula is C12H16ClN3O2. The molecule has 0 aromatic carbocycles. The number of anilines is 1. The number of likely N-dealkylation sites (N-methyl/N-ethyl adjacent to an activating group) is 1. The highest BCUT2D eigenvalue weighted by Gasteiger charge is 2.19. The van der Waals surface area contributed by atoms with Crippen molar-refractivity contribution in [2.75, 3.05) is 31.6 Å². The number of hydrogen-bond acceptors (Lipinski definition) is 4. The fraction of sp³-hybridized carbons (Fsp3) is 0.500. The van der Waals surface area contributed by atoms with E-state index in [0.717, 1.165) is 12.8 Å². The number of hydrogen-bond donors (Lipinski definition) is 0. The zero-order valence-electron chi connectivity index (χ0n) is 10.3. The van der Waals surface area contributed by atoms with Crippen molar-refractivity contribution in [1.29, 1.82) is 0 Å². The molecule has 0 spiro atoms. The lowest BCUT2D eigenvalue weighted by Gasteiger charge is -2.28. The summed E-state index contributed by atoms with van der Waals surface area (Å²) in [6.45, 7) is 1.53. The zero-order chi connectivity index (χ0) is 13.0. The molecule has 0 bridgehead atoms. The Kier molecular flexibility index (Phi) is 4.38. The molecule has 5 nitrogen and oxygen atoms in total. The number of aromatic nitrogens is 1. The maximum Gasteiger partial charge on any atom is 0.265 e. The number of carbonyl (C=O) groups excluding carboxylic acids is 1. The summed E-state index contributed by atoms with van der Waals surface area (Å²) in [6.07, 6.45) is 3.57. The summed E-state index contributed by atoms with van der Waals surface area (Å²) in [6, 6.07) is 3.54. The molecule has 1 aromatic heterocycles. The highest BCUT2D eigenvalue weighted by Crippen LogP contribution is 2.13. The third-order valence-corrected chi connectivity index (χ3v) is 2.98. The topological polar surface area (TPSA) is 45.7 Å². The Labute approximate surface area is 111 Å². The van der Waals surface area contributed by atoms with E-state index >= 15 is 0 Å². The van der Waals surface area contributed by atoms with Crippen molar-refractivity contribution in [1.82, 2.24) is 10.0 Å². The summed E-state index contributed by atoms with van der Waals surface area (Å²) in [7, 11) is 1.82. The molecular weight excluding hydrogens is 254 g/mol. The van der Waals surface area contributed by atoms with Crippen LogP contribution in [0.3, 0.4) is 0 Å². The standard InChI is InChI=1S/C12H16ClN3O2/c1-15(11-5-4-10(13)8-14-11)9-12(17)16-6-2-3-7-18-16/h4-5,8H,2-3,6-7,9H2,1H3. The number of hydroxylamine groups is 2. The highest BCUT2D eigenvalue weighted by molar-refractivity contribution is 6.30. The van der Waals surface area contributed by atoms with Gasteiger partial charge in [-0.1, -0.05) is 11.6 Å². The van der Waals surface area contributed by atoms with Gasteiger partial charge in [-0.3, -0.25) is 9.63 Å². The van der Waals surface area contributed by atoms with Crippen LogP contribution in [0.1, 0.15) is 12.8 Å². The molecule has 2 heterocycles. The monoisotopic (exact) mass is 269 g/mol. The summed E-state index contributed by atoms with van der Waals surface area (Å²) in [5, 5.41) is 2.02. The second-order valence-corrected chi connectivity index (χ2v) is 4.66. The molecule has 18 heavy (non-hydrogen) atoms. The van der Waals surface area contributed by atoms with Gasteiger partial charge < -0.3 is 4.90 Å². The molecule has 1 fully saturated rings. The first-order valence-corrected chi connectivity index (χ1v) is 6.30. The lowest BCUT2D eigenvalue weighted by molar-refractivity contribution is -0.195. The fourth-order valence-corrected chi connectivity index (χ4v) is 1.86. The molecule has 1 aliphatic heterocycles. The second kappa shape index (κ2) is 6.02. The second-order valence-electron chi connectivity index (χ2n) is 4.23. The van der Waals surface area contributed by atoms with Crippen LogP contribution >= 0.6 is 11.6 Å². The van der Waals surface area contributed by atoms with Crippen molar-refractivity contribution in [3.63, 3.8) is 0 Å². The Balaban J connectivity index is 1.91. The van der Waals surface area contributed by atoms with E-state index in [1.807, 2.05) is 7.05 Å². The number of amides is 1. The van der Waals surface area contributed by atoms with E-state index in [1.54, 1.807) is 23.2 Å². The molecule has 98 valence electrons. The van der Waals surface area contributed by atoms with E-state index in [1.165, 1.54) is 5.06 Å². The molecule has 0 atom stereocenters. The molecule has 0 unspecified atom stereocenters. The van der Waals surface area contributed by atoms with Gasteiger partial charge in [-0.25, -0.2) is 10.0 Å². The van der Waals surface area contributed by atoms with Gasteiger partial charge in [0.05, 0.1) is 11.6 Å². The number of carbonyl (C=O) groups is 1. The van der Waals surface area contributed by atoms with Crippen LogP contribution in [0.15, 0.2) is 18.3 Å². The van der Waals surface area contributed by atoms with Crippen molar-refractivity contribution in [3.05, 3.63) is 23.4 Å². The Morgan fingerprint density at radius 1 is 1.56 bits per heavy atom. The molecule has 0 aliphatic carbocycles. The molecule has 0 N–H and O–H groups in total. The fourth-order valence-electron chi connectivity index (χ4n) is 1.75. The van der Waals surface area contributed by atoms with Gasteiger partial charge in [-0.2, -0.15) is 0 Å². The van der Waals surface area contributed by atoms with E-state index in [4.69, 9.17) is 16.4 Å². The van der Waals surface area contributed by atoms with Crippen molar-refractivity contribution < 1.29 is 9.63 Å².